The second-order valence-electron chi connectivity index (χ2n) is 4.98. The minimum absolute atomic E-state index is 0.114. The highest BCUT2D eigenvalue weighted by atomic mass is 32.2. The van der Waals surface area contributed by atoms with Crippen molar-refractivity contribution >= 4 is 23.6 Å². The number of hydrogen-bond donors (Lipinski definition) is 3. The number of anilines is 1. The van der Waals surface area contributed by atoms with Crippen LogP contribution < -0.4 is 16.6 Å². The lowest BCUT2D eigenvalue weighted by Gasteiger charge is -2.13. The van der Waals surface area contributed by atoms with Gasteiger partial charge in [-0.25, -0.2) is 19.2 Å². The lowest BCUT2D eigenvalue weighted by atomic mass is 10.1. The number of nitrogens with two attached hydrogens (primary N) is 1. The quantitative estimate of drug-likeness (QED) is 0.435. The molecule has 0 saturated carbocycles. The number of urea groups is 1. The van der Waals surface area contributed by atoms with Gasteiger partial charge in [0.25, 0.3) is 0 Å². The molecule has 0 bridgehead atoms. The topological polar surface area (TPSA) is 117 Å². The third-order valence-electron chi connectivity index (χ3n) is 2.76. The molecule has 0 aliphatic heterocycles. The summed E-state index contributed by atoms with van der Waals surface area (Å²) in [6.07, 6.45) is 0. The third-order valence-corrected chi connectivity index (χ3v) is 3.63. The van der Waals surface area contributed by atoms with Crippen molar-refractivity contribution in [3.8, 4) is 17.3 Å². The number of carbonyl (C=O) groups excluding carboxylic acids is 1. The van der Waals surface area contributed by atoms with Gasteiger partial charge >= 0.3 is 6.03 Å². The fraction of sp³-hybridized carbons (Fsp3) is 0.200. The first kappa shape index (κ1) is 17.5. The molecule has 0 aliphatic rings. The third kappa shape index (κ3) is 4.33. The van der Waals surface area contributed by atoms with Crippen LogP contribution in [-0.4, -0.2) is 21.2 Å². The van der Waals surface area contributed by atoms with Crippen molar-refractivity contribution < 1.29 is 9.18 Å². The number of thioether (sulfide) groups is 1. The first-order chi connectivity index (χ1) is 11.4. The molecule has 0 atom stereocenters. The molecular formula is C15H15FN6OS. The molecule has 124 valence electrons. The Morgan fingerprint density at radius 1 is 1.33 bits per heavy atom. The maximum Gasteiger partial charge on any atom is 0.330 e. The first-order valence-corrected chi connectivity index (χ1v) is 7.85. The Morgan fingerprint density at radius 2 is 2.00 bits per heavy atom. The number of hydrogen-bond acceptors (Lipinski definition) is 6. The number of nitriles is 1. The maximum absolute atomic E-state index is 13.1. The van der Waals surface area contributed by atoms with Crippen LogP contribution in [0.1, 0.15) is 19.4 Å². The Bertz CT molecular complexity index is 788. The van der Waals surface area contributed by atoms with Crippen LogP contribution in [0.5, 0.6) is 0 Å². The summed E-state index contributed by atoms with van der Waals surface area (Å²) in [7, 11) is 0. The van der Waals surface area contributed by atoms with Crippen molar-refractivity contribution in [2.75, 3.05) is 5.43 Å². The molecule has 9 heteroatoms. The van der Waals surface area contributed by atoms with E-state index in [2.05, 4.69) is 20.8 Å². The second-order valence-corrected chi connectivity index (χ2v) is 6.52. The number of carbonyl (C=O) groups is 1. The van der Waals surface area contributed by atoms with Gasteiger partial charge in [0.05, 0.1) is 5.69 Å². The molecule has 0 radical (unpaired) electrons. The molecule has 0 unspecified atom stereocenters. The number of amides is 2. The molecular weight excluding hydrogens is 331 g/mol. The molecule has 1 aromatic carbocycles. The van der Waals surface area contributed by atoms with E-state index in [9.17, 15) is 14.4 Å². The maximum atomic E-state index is 13.1. The summed E-state index contributed by atoms with van der Waals surface area (Å²) in [4.78, 5) is 19.5. The number of hydrazine groups is 1. The van der Waals surface area contributed by atoms with E-state index in [0.717, 1.165) is 0 Å². The van der Waals surface area contributed by atoms with E-state index in [0.29, 0.717) is 16.4 Å². The Hall–Kier alpha value is -2.86. The van der Waals surface area contributed by atoms with Gasteiger partial charge in [-0.1, -0.05) is 25.6 Å². The highest BCUT2D eigenvalue weighted by Crippen LogP contribution is 2.30. The summed E-state index contributed by atoms with van der Waals surface area (Å²) in [5.74, 6) is -0.273. The number of rotatable bonds is 5. The lowest BCUT2D eigenvalue weighted by Crippen LogP contribution is -2.35. The number of primary amides is 1. The van der Waals surface area contributed by atoms with E-state index >= 15 is 0 Å². The van der Waals surface area contributed by atoms with Gasteiger partial charge in [-0.2, -0.15) is 5.26 Å². The molecule has 24 heavy (non-hydrogen) atoms. The van der Waals surface area contributed by atoms with E-state index in [4.69, 9.17) is 5.73 Å². The highest BCUT2D eigenvalue weighted by molar-refractivity contribution is 7.99. The Labute approximate surface area is 142 Å². The summed E-state index contributed by atoms with van der Waals surface area (Å²) in [6.45, 7) is 3.94. The van der Waals surface area contributed by atoms with Gasteiger partial charge in [0, 0.05) is 10.8 Å². The van der Waals surface area contributed by atoms with Crippen LogP contribution >= 0.6 is 11.8 Å². The van der Waals surface area contributed by atoms with Crippen molar-refractivity contribution in [2.24, 2.45) is 5.73 Å². The number of halogens is 1. The molecule has 4 N–H and O–H groups in total. The van der Waals surface area contributed by atoms with Gasteiger partial charge < -0.3 is 5.73 Å². The fourth-order valence-corrected chi connectivity index (χ4v) is 2.55. The number of nitrogens with one attached hydrogen (secondary N) is 2. The SMILES string of the molecule is CC(C)Sc1nc(NNC(N)=O)c(C#N)c(-c2ccc(F)cc2)n1. The van der Waals surface area contributed by atoms with Crippen LogP contribution in [0, 0.1) is 17.1 Å². The molecule has 0 fully saturated rings. The van der Waals surface area contributed by atoms with Gasteiger partial charge in [0.1, 0.15) is 17.4 Å². The van der Waals surface area contributed by atoms with E-state index in [1.807, 2.05) is 19.9 Å². The number of benzene rings is 1. The van der Waals surface area contributed by atoms with Gasteiger partial charge in [-0.05, 0) is 24.3 Å². The molecule has 0 saturated heterocycles. The average Bonchev–Trinajstić information content (AvgIpc) is 2.52. The minimum Gasteiger partial charge on any atom is -0.350 e. The van der Waals surface area contributed by atoms with Gasteiger partial charge in [-0.3, -0.25) is 10.9 Å². The van der Waals surface area contributed by atoms with Crippen LogP contribution in [0.25, 0.3) is 11.3 Å². The molecule has 0 spiro atoms. The molecule has 2 amide bonds. The summed E-state index contributed by atoms with van der Waals surface area (Å²) in [5, 5.41) is 10.1. The van der Waals surface area contributed by atoms with Crippen molar-refractivity contribution in [3.63, 3.8) is 0 Å². The zero-order valence-corrected chi connectivity index (χ0v) is 13.8. The average molecular weight is 346 g/mol. The van der Waals surface area contributed by atoms with E-state index in [1.165, 1.54) is 36.0 Å². The van der Waals surface area contributed by atoms with Crippen LogP contribution in [0.2, 0.25) is 0 Å². The summed E-state index contributed by atoms with van der Waals surface area (Å²) >= 11 is 1.39. The lowest BCUT2D eigenvalue weighted by molar-refractivity contribution is 0.250. The second kappa shape index (κ2) is 7.61. The fourth-order valence-electron chi connectivity index (χ4n) is 1.84. The Kier molecular flexibility index (Phi) is 5.55. The number of aromatic nitrogens is 2. The zero-order valence-electron chi connectivity index (χ0n) is 13.0. The van der Waals surface area contributed by atoms with E-state index in [-0.39, 0.29) is 16.6 Å². The zero-order chi connectivity index (χ0) is 17.7. The van der Waals surface area contributed by atoms with Crippen molar-refractivity contribution in [2.45, 2.75) is 24.3 Å². The number of nitrogens with zero attached hydrogens (tertiary/aromatic N) is 3. The highest BCUT2D eigenvalue weighted by Gasteiger charge is 2.17. The van der Waals surface area contributed by atoms with Crippen LogP contribution in [-0.2, 0) is 0 Å². The van der Waals surface area contributed by atoms with Crippen LogP contribution in [0.15, 0.2) is 29.4 Å². The van der Waals surface area contributed by atoms with E-state index in [1.54, 1.807) is 0 Å². The first-order valence-electron chi connectivity index (χ1n) is 6.97. The summed E-state index contributed by atoms with van der Waals surface area (Å²) in [5.41, 5.74) is 10.7. The van der Waals surface area contributed by atoms with E-state index < -0.39 is 11.8 Å². The summed E-state index contributed by atoms with van der Waals surface area (Å²) in [6, 6.07) is 6.78. The van der Waals surface area contributed by atoms with Gasteiger partial charge in [-0.15, -0.1) is 0 Å². The van der Waals surface area contributed by atoms with Crippen molar-refractivity contribution in [3.05, 3.63) is 35.6 Å². The molecule has 2 rings (SSSR count). The monoisotopic (exact) mass is 346 g/mol. The molecule has 1 heterocycles. The normalized spacial score (nSPS) is 10.3. The Balaban J connectivity index is 2.57. The predicted octanol–water partition coefficient (Wildman–Crippen LogP) is 2.65. The molecule has 0 aliphatic carbocycles. The predicted molar refractivity (Wildman–Crippen MR) is 89.5 cm³/mol. The summed E-state index contributed by atoms with van der Waals surface area (Å²) < 4.78 is 13.1. The molecule has 2 aromatic rings. The molecule has 1 aromatic heterocycles. The smallest absolute Gasteiger partial charge is 0.330 e. The molecule has 7 nitrogen and oxygen atoms in total. The van der Waals surface area contributed by atoms with Crippen LogP contribution in [0.3, 0.4) is 0 Å². The standard InChI is InChI=1S/C15H15FN6OS/c1-8(2)24-15-19-12(9-3-5-10(16)6-4-9)11(7-17)13(20-15)21-22-14(18)23/h3-6,8H,1-2H3,(H3,18,22,23)(H,19,20,21). The van der Waals surface area contributed by atoms with Crippen molar-refractivity contribution in [1.82, 2.24) is 15.4 Å². The largest absolute Gasteiger partial charge is 0.350 e. The van der Waals surface area contributed by atoms with Crippen LogP contribution in [0.4, 0.5) is 15.0 Å². The minimum atomic E-state index is -0.820. The van der Waals surface area contributed by atoms with Gasteiger partial charge in [0.15, 0.2) is 11.0 Å². The van der Waals surface area contributed by atoms with Crippen molar-refractivity contribution in [1.29, 1.82) is 5.26 Å². The van der Waals surface area contributed by atoms with Gasteiger partial charge in [0.2, 0.25) is 0 Å². The Morgan fingerprint density at radius 3 is 2.54 bits per heavy atom.